The molecule has 3 aromatic rings. The molecule has 1 unspecified atom stereocenters. The molecule has 1 heterocycles. The topological polar surface area (TPSA) is 61.4 Å². The number of fused-ring (bicyclic) bond motifs is 1. The van der Waals surface area contributed by atoms with Crippen molar-refractivity contribution >= 4 is 58.8 Å². The molecule has 200 valence electrons. The van der Waals surface area contributed by atoms with Crippen LogP contribution in [0.4, 0.5) is 11.4 Å². The van der Waals surface area contributed by atoms with Gasteiger partial charge in [-0.1, -0.05) is 35.3 Å². The fraction of sp³-hybridized carbons (Fsp3) is 0.333. The van der Waals surface area contributed by atoms with E-state index in [2.05, 4.69) is 10.6 Å². The Morgan fingerprint density at radius 3 is 2.50 bits per heavy atom. The number of benzene rings is 3. The average Bonchev–Trinajstić information content (AvgIpc) is 3.71. The highest BCUT2D eigenvalue weighted by molar-refractivity contribution is 6.34. The monoisotopic (exact) mass is 571 g/mol. The highest BCUT2D eigenvalue weighted by Gasteiger charge is 2.29. The summed E-state index contributed by atoms with van der Waals surface area (Å²) in [6, 6.07) is 18.9. The van der Waals surface area contributed by atoms with Crippen LogP contribution >= 0.6 is 35.6 Å². The van der Waals surface area contributed by atoms with Crippen molar-refractivity contribution in [2.75, 3.05) is 23.3 Å². The number of aryl methyl sites for hydroxylation is 1. The maximum Gasteiger partial charge on any atom is 0.258 e. The summed E-state index contributed by atoms with van der Waals surface area (Å²) in [5, 5.41) is 7.60. The van der Waals surface area contributed by atoms with Crippen molar-refractivity contribution in [3.05, 3.63) is 93.0 Å². The van der Waals surface area contributed by atoms with E-state index in [1.807, 2.05) is 36.1 Å². The van der Waals surface area contributed by atoms with Crippen LogP contribution in [0.25, 0.3) is 0 Å². The normalized spacial score (nSPS) is 16.7. The lowest BCUT2D eigenvalue weighted by atomic mass is 9.91. The summed E-state index contributed by atoms with van der Waals surface area (Å²) in [5.74, 6) is 0.0349. The fourth-order valence-corrected chi connectivity index (χ4v) is 5.50. The van der Waals surface area contributed by atoms with Crippen molar-refractivity contribution in [3.63, 3.8) is 0 Å². The molecule has 1 saturated carbocycles. The molecule has 1 fully saturated rings. The van der Waals surface area contributed by atoms with E-state index in [0.29, 0.717) is 45.4 Å². The molecule has 0 spiro atoms. The van der Waals surface area contributed by atoms with Crippen LogP contribution in [-0.4, -0.2) is 30.9 Å². The quantitative estimate of drug-likeness (QED) is 0.306. The van der Waals surface area contributed by atoms with E-state index < -0.39 is 0 Å². The van der Waals surface area contributed by atoms with Gasteiger partial charge in [-0.05, 0) is 111 Å². The molecular formula is C30H32Cl3N3O2. The molecule has 0 aromatic heterocycles. The van der Waals surface area contributed by atoms with Crippen LogP contribution in [0, 0.1) is 6.92 Å². The highest BCUT2D eigenvalue weighted by atomic mass is 35.5. The summed E-state index contributed by atoms with van der Waals surface area (Å²) in [4.78, 5) is 28.4. The van der Waals surface area contributed by atoms with Gasteiger partial charge in [0.1, 0.15) is 0 Å². The van der Waals surface area contributed by atoms with Gasteiger partial charge in [0.25, 0.3) is 11.8 Å². The Kier molecular flexibility index (Phi) is 9.37. The Bertz CT molecular complexity index is 1330. The van der Waals surface area contributed by atoms with Crippen LogP contribution in [0.2, 0.25) is 10.0 Å². The zero-order chi connectivity index (χ0) is 25.9. The number of nitrogens with zero attached hydrogens (tertiary/aromatic N) is 1. The molecule has 2 aliphatic rings. The van der Waals surface area contributed by atoms with Gasteiger partial charge in [0.2, 0.25) is 0 Å². The number of rotatable bonds is 7. The molecule has 5 nitrogen and oxygen atoms in total. The third kappa shape index (κ3) is 6.52. The lowest BCUT2D eigenvalue weighted by Gasteiger charge is -2.25. The van der Waals surface area contributed by atoms with Crippen molar-refractivity contribution in [1.29, 1.82) is 0 Å². The summed E-state index contributed by atoms with van der Waals surface area (Å²) in [6.07, 6.45) is 5.53. The van der Waals surface area contributed by atoms with E-state index in [0.717, 1.165) is 42.6 Å². The van der Waals surface area contributed by atoms with Gasteiger partial charge in [-0.25, -0.2) is 0 Å². The predicted octanol–water partition coefficient (Wildman–Crippen LogP) is 7.64. The molecule has 0 radical (unpaired) electrons. The van der Waals surface area contributed by atoms with E-state index in [1.165, 1.54) is 12.8 Å². The van der Waals surface area contributed by atoms with Gasteiger partial charge in [-0.2, -0.15) is 0 Å². The number of carbonyl (C=O) groups excluding carboxylic acids is 2. The molecule has 0 bridgehead atoms. The number of anilines is 2. The average molecular weight is 573 g/mol. The van der Waals surface area contributed by atoms with Gasteiger partial charge in [-0.15, -0.1) is 12.4 Å². The van der Waals surface area contributed by atoms with E-state index in [-0.39, 0.29) is 24.2 Å². The van der Waals surface area contributed by atoms with Gasteiger partial charge >= 0.3 is 0 Å². The Hall–Kier alpha value is -2.57. The van der Waals surface area contributed by atoms with Crippen LogP contribution in [-0.2, 0) is 0 Å². The van der Waals surface area contributed by atoms with E-state index >= 15 is 0 Å². The summed E-state index contributed by atoms with van der Waals surface area (Å²) in [6.45, 7) is 3.53. The largest absolute Gasteiger partial charge is 0.322 e. The summed E-state index contributed by atoms with van der Waals surface area (Å²) < 4.78 is 0. The first-order valence-corrected chi connectivity index (χ1v) is 13.7. The number of carbonyl (C=O) groups is 2. The number of hydrogen-bond donors (Lipinski definition) is 2. The van der Waals surface area contributed by atoms with Crippen LogP contribution in [0.3, 0.4) is 0 Å². The Balaban J connectivity index is 0.00000336. The summed E-state index contributed by atoms with van der Waals surface area (Å²) in [7, 11) is 0. The minimum atomic E-state index is -0.287. The van der Waals surface area contributed by atoms with Gasteiger partial charge < -0.3 is 15.5 Å². The van der Waals surface area contributed by atoms with Crippen LogP contribution in [0.5, 0.6) is 0 Å². The molecule has 8 heteroatoms. The second kappa shape index (κ2) is 12.5. The maximum absolute atomic E-state index is 13.8. The van der Waals surface area contributed by atoms with Crippen molar-refractivity contribution in [2.45, 2.75) is 51.0 Å². The lowest BCUT2D eigenvalue weighted by molar-refractivity contribution is 0.0985. The molecule has 2 N–H and O–H groups in total. The maximum atomic E-state index is 13.8. The lowest BCUT2D eigenvalue weighted by Crippen LogP contribution is -2.32. The molecule has 1 aliphatic carbocycles. The smallest absolute Gasteiger partial charge is 0.258 e. The van der Waals surface area contributed by atoms with Crippen molar-refractivity contribution < 1.29 is 9.59 Å². The van der Waals surface area contributed by atoms with E-state index in [9.17, 15) is 9.59 Å². The third-order valence-electron chi connectivity index (χ3n) is 7.24. The summed E-state index contributed by atoms with van der Waals surface area (Å²) in [5.41, 5.74) is 4.53. The first-order chi connectivity index (χ1) is 17.9. The number of amides is 2. The Morgan fingerprint density at radius 1 is 0.974 bits per heavy atom. The molecule has 0 saturated heterocycles. The first-order valence-electron chi connectivity index (χ1n) is 12.9. The molecular weight excluding hydrogens is 541 g/mol. The molecule has 38 heavy (non-hydrogen) atoms. The predicted molar refractivity (Wildman–Crippen MR) is 159 cm³/mol. The molecule has 1 atom stereocenters. The second-order valence-electron chi connectivity index (χ2n) is 9.98. The summed E-state index contributed by atoms with van der Waals surface area (Å²) >= 11 is 12.6. The Labute approximate surface area is 240 Å². The highest BCUT2D eigenvalue weighted by Crippen LogP contribution is 2.39. The Morgan fingerprint density at radius 2 is 1.76 bits per heavy atom. The first kappa shape index (κ1) is 28.4. The minimum absolute atomic E-state index is 0. The molecule has 2 amide bonds. The zero-order valence-electron chi connectivity index (χ0n) is 21.3. The van der Waals surface area contributed by atoms with Crippen LogP contribution in [0.1, 0.15) is 69.9 Å². The van der Waals surface area contributed by atoms with E-state index in [4.69, 9.17) is 23.2 Å². The number of halogens is 3. The van der Waals surface area contributed by atoms with Gasteiger partial charge in [0.05, 0.1) is 10.6 Å². The number of nitrogens with one attached hydrogen (secondary N) is 2. The zero-order valence-corrected chi connectivity index (χ0v) is 23.6. The standard InChI is InChI=1S/C30H31Cl2N3O2.ClH/c1-19-17-23(34-29(36)25-6-2-3-7-27(25)32)11-12-24(19)30(37)35-16-4-5-20(14-15-33-22-9-10-22)26-18-21(31)8-13-28(26)35;/h2-3,6-8,11-13,17-18,20,22,33H,4-5,9-10,14-16H2,1H3,(H,34,36);1H. The molecule has 3 aromatic carbocycles. The number of hydrogen-bond acceptors (Lipinski definition) is 3. The van der Waals surface area contributed by atoms with Crippen molar-refractivity contribution in [3.8, 4) is 0 Å². The van der Waals surface area contributed by atoms with Crippen LogP contribution < -0.4 is 15.5 Å². The minimum Gasteiger partial charge on any atom is -0.322 e. The fourth-order valence-electron chi connectivity index (χ4n) is 5.10. The SMILES string of the molecule is Cc1cc(NC(=O)c2ccccc2Cl)ccc1C(=O)N1CCCC(CCNC2CC2)c2cc(Cl)ccc21.Cl. The van der Waals surface area contributed by atoms with Crippen LogP contribution in [0.15, 0.2) is 60.7 Å². The van der Waals surface area contributed by atoms with Gasteiger partial charge in [0.15, 0.2) is 0 Å². The second-order valence-corrected chi connectivity index (χ2v) is 10.8. The van der Waals surface area contributed by atoms with Crippen molar-refractivity contribution in [1.82, 2.24) is 5.32 Å². The van der Waals surface area contributed by atoms with Gasteiger partial charge in [0, 0.05) is 34.5 Å². The molecule has 1 aliphatic heterocycles. The van der Waals surface area contributed by atoms with Crippen molar-refractivity contribution in [2.24, 2.45) is 0 Å². The molecule has 5 rings (SSSR count). The third-order valence-corrected chi connectivity index (χ3v) is 7.80. The van der Waals surface area contributed by atoms with Gasteiger partial charge in [-0.3, -0.25) is 9.59 Å². The van der Waals surface area contributed by atoms with E-state index in [1.54, 1.807) is 36.4 Å².